The highest BCUT2D eigenvalue weighted by atomic mass is 32.2. The average Bonchev–Trinajstić information content (AvgIpc) is 2.55. The highest BCUT2D eigenvalue weighted by Crippen LogP contribution is 2.41. The van der Waals surface area contributed by atoms with E-state index in [1.165, 1.54) is 12.1 Å². The van der Waals surface area contributed by atoms with Crippen LogP contribution in [0.3, 0.4) is 0 Å². The van der Waals surface area contributed by atoms with Gasteiger partial charge < -0.3 is 9.90 Å². The molecule has 4 nitrogen and oxygen atoms in total. The maximum atomic E-state index is 13.1. The van der Waals surface area contributed by atoms with Gasteiger partial charge in [-0.25, -0.2) is 4.39 Å². The lowest BCUT2D eigenvalue weighted by atomic mass is 9.75. The van der Waals surface area contributed by atoms with Crippen LogP contribution in [0.1, 0.15) is 26.7 Å². The smallest absolute Gasteiger partial charge is 0.150 e. The molecule has 6 heteroatoms. The normalized spacial score (nSPS) is 30.6. The summed E-state index contributed by atoms with van der Waals surface area (Å²) >= 11 is 1.61. The summed E-state index contributed by atoms with van der Waals surface area (Å²) in [4.78, 5) is 20.8. The molecule has 0 aromatic heterocycles. The van der Waals surface area contributed by atoms with Crippen LogP contribution in [0.4, 0.5) is 10.1 Å². The van der Waals surface area contributed by atoms with Crippen LogP contribution in [0.25, 0.3) is 0 Å². The Hall–Kier alpha value is -1.53. The predicted octanol–water partition coefficient (Wildman–Crippen LogP) is 3.20. The summed E-state index contributed by atoms with van der Waals surface area (Å²) in [6.45, 7) is 4.02. The molecule has 0 spiro atoms. The molecule has 1 N–H and O–H groups in total. The maximum absolute atomic E-state index is 13.1. The quantitative estimate of drug-likeness (QED) is 0.853. The van der Waals surface area contributed by atoms with Crippen LogP contribution >= 0.6 is 11.8 Å². The summed E-state index contributed by atoms with van der Waals surface area (Å²) in [6, 6.07) is 6.13. The van der Waals surface area contributed by atoms with Crippen LogP contribution in [0.2, 0.25) is 0 Å². The van der Waals surface area contributed by atoms with Gasteiger partial charge in [-0.15, -0.1) is 11.8 Å². The fourth-order valence-electron chi connectivity index (χ4n) is 3.22. The molecule has 1 aliphatic heterocycles. The van der Waals surface area contributed by atoms with E-state index < -0.39 is 5.54 Å². The van der Waals surface area contributed by atoms with E-state index >= 15 is 0 Å². The largest absolute Gasteiger partial charge is 0.393 e. The van der Waals surface area contributed by atoms with Crippen molar-refractivity contribution in [3.8, 4) is 0 Å². The Morgan fingerprint density at radius 3 is 2.71 bits per heavy atom. The van der Waals surface area contributed by atoms with Gasteiger partial charge in [-0.05, 0) is 42.5 Å². The minimum atomic E-state index is -1.02. The first-order valence-corrected chi connectivity index (χ1v) is 9.02. The average molecular weight is 348 g/mol. The molecule has 2 aliphatic rings. The first kappa shape index (κ1) is 17.3. The molecular formula is C18H21FN2O2S. The molecule has 0 radical (unpaired) electrons. The maximum Gasteiger partial charge on any atom is 0.150 e. The number of aldehydes is 1. The van der Waals surface area contributed by atoms with Gasteiger partial charge in [0.2, 0.25) is 0 Å². The second kappa shape index (κ2) is 6.41. The molecule has 3 rings (SSSR count). The van der Waals surface area contributed by atoms with Crippen molar-refractivity contribution in [2.24, 2.45) is 15.4 Å². The number of thioether (sulfide) groups is 1. The van der Waals surface area contributed by atoms with Crippen molar-refractivity contribution in [3.05, 3.63) is 30.1 Å². The van der Waals surface area contributed by atoms with Crippen molar-refractivity contribution in [1.82, 2.24) is 0 Å². The second-order valence-electron chi connectivity index (χ2n) is 7.27. The van der Waals surface area contributed by atoms with Gasteiger partial charge in [0.1, 0.15) is 11.4 Å². The third-order valence-corrected chi connectivity index (χ3v) is 5.93. The van der Waals surface area contributed by atoms with Crippen molar-refractivity contribution in [3.63, 3.8) is 0 Å². The summed E-state index contributed by atoms with van der Waals surface area (Å²) < 4.78 is 13.1. The van der Waals surface area contributed by atoms with E-state index in [1.54, 1.807) is 23.9 Å². The topological polar surface area (TPSA) is 62.0 Å². The van der Waals surface area contributed by atoms with E-state index in [4.69, 9.17) is 4.99 Å². The number of hydrogen-bond donors (Lipinski definition) is 1. The molecular weight excluding hydrogens is 327 g/mol. The van der Waals surface area contributed by atoms with Gasteiger partial charge in [0.05, 0.1) is 17.5 Å². The Morgan fingerprint density at radius 1 is 1.38 bits per heavy atom. The number of rotatable bonds is 3. The first-order valence-electron chi connectivity index (χ1n) is 7.97. The fraction of sp³-hybridized carbons (Fsp3) is 0.500. The summed E-state index contributed by atoms with van der Waals surface area (Å²) in [5.41, 5.74) is 1.60. The molecule has 1 fully saturated rings. The zero-order chi connectivity index (χ0) is 17.4. The number of aliphatic hydroxyl groups is 1. The van der Waals surface area contributed by atoms with Crippen molar-refractivity contribution in [2.75, 3.05) is 12.4 Å². The second-order valence-corrected chi connectivity index (χ2v) is 8.36. The molecule has 128 valence electrons. The van der Waals surface area contributed by atoms with Gasteiger partial charge in [-0.3, -0.25) is 9.98 Å². The molecule has 1 heterocycles. The predicted molar refractivity (Wildman–Crippen MR) is 96.1 cm³/mol. The van der Waals surface area contributed by atoms with Crippen LogP contribution < -0.4 is 0 Å². The Morgan fingerprint density at radius 2 is 2.08 bits per heavy atom. The van der Waals surface area contributed by atoms with E-state index in [0.717, 1.165) is 36.2 Å². The van der Waals surface area contributed by atoms with Crippen molar-refractivity contribution < 1.29 is 14.3 Å². The van der Waals surface area contributed by atoms with E-state index in [2.05, 4.69) is 18.8 Å². The minimum Gasteiger partial charge on any atom is -0.393 e. The molecule has 24 heavy (non-hydrogen) atoms. The summed E-state index contributed by atoms with van der Waals surface area (Å²) in [7, 11) is 0. The number of hydrogen-bond acceptors (Lipinski definition) is 5. The molecule has 0 bridgehead atoms. The van der Waals surface area contributed by atoms with Crippen molar-refractivity contribution >= 4 is 35.2 Å². The number of fused-ring (bicyclic) bond motifs is 1. The first-order chi connectivity index (χ1) is 11.4. The van der Waals surface area contributed by atoms with Gasteiger partial charge >= 0.3 is 0 Å². The monoisotopic (exact) mass is 348 g/mol. The van der Waals surface area contributed by atoms with Crippen LogP contribution in [0.15, 0.2) is 34.3 Å². The fourth-order valence-corrected chi connectivity index (χ4v) is 4.55. The third kappa shape index (κ3) is 3.44. The molecule has 1 aromatic rings. The van der Waals surface area contributed by atoms with Gasteiger partial charge in [0, 0.05) is 17.2 Å². The number of halogens is 1. The van der Waals surface area contributed by atoms with Crippen molar-refractivity contribution in [2.45, 2.75) is 37.5 Å². The Bertz CT molecular complexity index is 699. The van der Waals surface area contributed by atoms with Crippen LogP contribution in [-0.2, 0) is 4.79 Å². The molecule has 1 saturated carbocycles. The van der Waals surface area contributed by atoms with Crippen LogP contribution in [0.5, 0.6) is 0 Å². The number of benzene rings is 1. The lowest BCUT2D eigenvalue weighted by Gasteiger charge is -2.41. The molecule has 2 atom stereocenters. The minimum absolute atomic E-state index is 0.0177. The van der Waals surface area contributed by atoms with Crippen LogP contribution in [0, 0.1) is 11.2 Å². The Labute approximate surface area is 145 Å². The number of aliphatic imine (C=N–C) groups is 2. The molecule has 0 amide bonds. The molecule has 2 unspecified atom stereocenters. The number of carbonyl (C=O) groups is 1. The van der Waals surface area contributed by atoms with Gasteiger partial charge in [-0.1, -0.05) is 13.8 Å². The highest BCUT2D eigenvalue weighted by molar-refractivity contribution is 8.01. The van der Waals surface area contributed by atoms with E-state index in [9.17, 15) is 14.3 Å². The van der Waals surface area contributed by atoms with E-state index in [1.807, 2.05) is 0 Å². The summed E-state index contributed by atoms with van der Waals surface area (Å²) in [6.07, 6.45) is 2.36. The lowest BCUT2D eigenvalue weighted by Crippen LogP contribution is -2.49. The van der Waals surface area contributed by atoms with Gasteiger partial charge in [0.25, 0.3) is 0 Å². The zero-order valence-corrected chi connectivity index (χ0v) is 14.6. The standard InChI is InChI=1S/C18H21FN2O2S/c1-17(2)7-14(20-13-5-3-12(19)4-6-13)16-15(8-17)21-18(9-22,10-23)11-24-16/h3-6,9,16,23H,7-8,10-11H2,1-2H3. The van der Waals surface area contributed by atoms with E-state index in [-0.39, 0.29) is 23.1 Å². The van der Waals surface area contributed by atoms with Gasteiger partial charge in [-0.2, -0.15) is 0 Å². The lowest BCUT2D eigenvalue weighted by molar-refractivity contribution is -0.112. The summed E-state index contributed by atoms with van der Waals surface area (Å²) in [5, 5.41) is 9.60. The Kier molecular flexibility index (Phi) is 4.62. The molecule has 1 aliphatic carbocycles. The van der Waals surface area contributed by atoms with Crippen molar-refractivity contribution in [1.29, 1.82) is 0 Å². The third-order valence-electron chi connectivity index (χ3n) is 4.38. The van der Waals surface area contributed by atoms with E-state index in [0.29, 0.717) is 5.75 Å². The number of nitrogens with zero attached hydrogens (tertiary/aromatic N) is 2. The number of aliphatic hydroxyl groups excluding tert-OH is 1. The molecule has 0 saturated heterocycles. The Balaban J connectivity index is 1.99. The highest BCUT2D eigenvalue weighted by Gasteiger charge is 2.43. The molecule has 1 aromatic carbocycles. The summed E-state index contributed by atoms with van der Waals surface area (Å²) in [5.74, 6) is 0.167. The number of carbonyl (C=O) groups excluding carboxylic acids is 1. The van der Waals surface area contributed by atoms with Gasteiger partial charge in [0.15, 0.2) is 6.29 Å². The SMILES string of the molecule is CC1(C)CC(=Nc2ccc(F)cc2)C2SCC(C=O)(CO)N=C2C1. The van der Waals surface area contributed by atoms with Crippen LogP contribution in [-0.4, -0.2) is 46.0 Å². The zero-order valence-electron chi connectivity index (χ0n) is 13.8.